The van der Waals surface area contributed by atoms with Gasteiger partial charge in [-0.15, -0.1) is 10.2 Å². The minimum atomic E-state index is -0.207. The van der Waals surface area contributed by atoms with Crippen LogP contribution in [-0.2, 0) is 0 Å². The summed E-state index contributed by atoms with van der Waals surface area (Å²) in [4.78, 5) is 12.3. The molecule has 1 N–H and O–H groups in total. The lowest BCUT2D eigenvalue weighted by molar-refractivity contribution is 0.102. The molecule has 4 aromatic rings. The van der Waals surface area contributed by atoms with Gasteiger partial charge in [0.15, 0.2) is 5.82 Å². The van der Waals surface area contributed by atoms with Crippen LogP contribution in [0.25, 0.3) is 5.82 Å². The van der Waals surface area contributed by atoms with Crippen LogP contribution >= 0.6 is 0 Å². The third-order valence-electron chi connectivity index (χ3n) is 4.05. The summed E-state index contributed by atoms with van der Waals surface area (Å²) in [6, 6.07) is 19.2. The lowest BCUT2D eigenvalue weighted by Gasteiger charge is -2.08. The Bertz CT molecular complexity index is 1080. The summed E-state index contributed by atoms with van der Waals surface area (Å²) in [5.41, 5.74) is 1.19. The highest BCUT2D eigenvalue weighted by molar-refractivity contribution is 6.04. The second kappa shape index (κ2) is 8.22. The summed E-state index contributed by atoms with van der Waals surface area (Å²) in [6.45, 7) is 0. The number of benzene rings is 2. The van der Waals surface area contributed by atoms with E-state index in [0.29, 0.717) is 34.4 Å². The minimum absolute atomic E-state index is 0.207. The molecule has 0 fully saturated rings. The van der Waals surface area contributed by atoms with E-state index in [1.807, 2.05) is 0 Å². The second-order valence-electron chi connectivity index (χ2n) is 5.99. The first-order valence-corrected chi connectivity index (χ1v) is 8.78. The van der Waals surface area contributed by atoms with Crippen LogP contribution in [0, 0.1) is 0 Å². The Morgan fingerprint density at radius 1 is 0.931 bits per heavy atom. The zero-order valence-electron chi connectivity index (χ0n) is 15.5. The first-order chi connectivity index (χ1) is 14.2. The fourth-order valence-electron chi connectivity index (χ4n) is 2.57. The van der Waals surface area contributed by atoms with E-state index in [4.69, 9.17) is 9.47 Å². The number of nitrogens with zero attached hydrogens (tertiary/aromatic N) is 4. The average molecular weight is 387 g/mol. The summed E-state index contributed by atoms with van der Waals surface area (Å²) in [5, 5.41) is 15.1. The number of aromatic nitrogens is 4. The number of anilines is 1. The number of hydrogen-bond donors (Lipinski definition) is 1. The van der Waals surface area contributed by atoms with Crippen LogP contribution in [0.1, 0.15) is 10.4 Å². The number of rotatable bonds is 6. The molecule has 0 aliphatic heterocycles. The van der Waals surface area contributed by atoms with Crippen LogP contribution in [0.2, 0.25) is 0 Å². The molecule has 0 radical (unpaired) electrons. The molecule has 0 unspecified atom stereocenters. The fourth-order valence-corrected chi connectivity index (χ4v) is 2.57. The lowest BCUT2D eigenvalue weighted by atomic mass is 10.2. The summed E-state index contributed by atoms with van der Waals surface area (Å²) in [7, 11) is 1.58. The van der Waals surface area contributed by atoms with Crippen molar-refractivity contribution >= 4 is 11.6 Å². The molecule has 0 atom stereocenters. The maximum Gasteiger partial charge on any atom is 0.255 e. The zero-order chi connectivity index (χ0) is 20.1. The van der Waals surface area contributed by atoms with Crippen LogP contribution in [0.5, 0.6) is 17.4 Å². The quantitative estimate of drug-likeness (QED) is 0.542. The van der Waals surface area contributed by atoms with Gasteiger partial charge in [0.05, 0.1) is 7.11 Å². The Morgan fingerprint density at radius 2 is 1.69 bits per heavy atom. The molecule has 8 nitrogen and oxygen atoms in total. The topological polar surface area (TPSA) is 91.2 Å². The van der Waals surface area contributed by atoms with Gasteiger partial charge in [-0.25, -0.2) is 4.68 Å². The molecule has 2 heterocycles. The summed E-state index contributed by atoms with van der Waals surface area (Å²) < 4.78 is 12.4. The monoisotopic (exact) mass is 387 g/mol. The highest BCUT2D eigenvalue weighted by Crippen LogP contribution is 2.22. The van der Waals surface area contributed by atoms with Crippen molar-refractivity contribution in [2.75, 3.05) is 12.4 Å². The summed E-state index contributed by atoms with van der Waals surface area (Å²) in [6.07, 6.45) is 3.45. The van der Waals surface area contributed by atoms with E-state index in [-0.39, 0.29) is 5.91 Å². The predicted molar refractivity (Wildman–Crippen MR) is 107 cm³/mol. The highest BCUT2D eigenvalue weighted by atomic mass is 16.5. The normalized spacial score (nSPS) is 10.4. The molecule has 4 rings (SSSR count). The number of methoxy groups -OCH3 is 1. The van der Waals surface area contributed by atoms with E-state index < -0.39 is 0 Å². The van der Waals surface area contributed by atoms with Crippen molar-refractivity contribution in [1.29, 1.82) is 0 Å². The van der Waals surface area contributed by atoms with Crippen LogP contribution in [0.3, 0.4) is 0 Å². The van der Waals surface area contributed by atoms with Gasteiger partial charge in [-0.3, -0.25) is 4.79 Å². The van der Waals surface area contributed by atoms with Crippen LogP contribution in [0.4, 0.5) is 5.69 Å². The molecule has 0 aliphatic carbocycles. The van der Waals surface area contributed by atoms with Gasteiger partial charge in [0.2, 0.25) is 5.88 Å². The van der Waals surface area contributed by atoms with Crippen molar-refractivity contribution in [1.82, 2.24) is 20.0 Å². The Balaban J connectivity index is 1.38. The van der Waals surface area contributed by atoms with E-state index >= 15 is 0 Å². The minimum Gasteiger partial charge on any atom is -0.497 e. The lowest BCUT2D eigenvalue weighted by Crippen LogP contribution is -2.11. The number of amides is 1. The van der Waals surface area contributed by atoms with Crippen molar-refractivity contribution in [3.8, 4) is 23.2 Å². The van der Waals surface area contributed by atoms with Gasteiger partial charge in [0.1, 0.15) is 11.5 Å². The standard InChI is InChI=1S/C21H17N5O3/c1-28-17-7-3-15(4-8-17)21(27)23-16-5-9-18(10-6-16)29-20-12-11-19(24-25-20)26-14-2-13-22-26/h2-14H,1H3,(H,23,27). The molecule has 8 heteroatoms. The van der Waals surface area contributed by atoms with Crippen LogP contribution < -0.4 is 14.8 Å². The van der Waals surface area contributed by atoms with Crippen molar-refractivity contribution in [3.05, 3.63) is 84.7 Å². The third kappa shape index (κ3) is 4.38. The Hall–Kier alpha value is -4.20. The van der Waals surface area contributed by atoms with E-state index in [1.165, 1.54) is 0 Å². The molecule has 0 aliphatic rings. The highest BCUT2D eigenvalue weighted by Gasteiger charge is 2.07. The third-order valence-corrected chi connectivity index (χ3v) is 4.05. The number of ether oxygens (including phenoxy) is 2. The van der Waals surface area contributed by atoms with Crippen LogP contribution in [-0.4, -0.2) is 33.0 Å². The summed E-state index contributed by atoms with van der Waals surface area (Å²) >= 11 is 0. The van der Waals surface area contributed by atoms with E-state index in [9.17, 15) is 4.79 Å². The van der Waals surface area contributed by atoms with Gasteiger partial charge in [-0.2, -0.15) is 5.10 Å². The fraction of sp³-hybridized carbons (Fsp3) is 0.0476. The molecule has 0 saturated heterocycles. The van der Waals surface area contributed by atoms with Crippen molar-refractivity contribution in [2.45, 2.75) is 0 Å². The predicted octanol–water partition coefficient (Wildman–Crippen LogP) is 3.72. The van der Waals surface area contributed by atoms with Crippen molar-refractivity contribution < 1.29 is 14.3 Å². The SMILES string of the molecule is COc1ccc(C(=O)Nc2ccc(Oc3ccc(-n4cccn4)nn3)cc2)cc1. The average Bonchev–Trinajstić information content (AvgIpc) is 3.31. The first-order valence-electron chi connectivity index (χ1n) is 8.78. The number of carbonyl (C=O) groups excluding carboxylic acids is 1. The maximum atomic E-state index is 12.3. The van der Waals surface area contributed by atoms with E-state index in [2.05, 4.69) is 20.6 Å². The largest absolute Gasteiger partial charge is 0.497 e. The molecule has 0 spiro atoms. The van der Waals surface area contributed by atoms with Gasteiger partial charge in [0, 0.05) is 29.7 Å². The summed E-state index contributed by atoms with van der Waals surface area (Å²) in [5.74, 6) is 2.02. The molecule has 2 aromatic heterocycles. The maximum absolute atomic E-state index is 12.3. The Morgan fingerprint density at radius 3 is 2.31 bits per heavy atom. The smallest absolute Gasteiger partial charge is 0.255 e. The molecular formula is C21H17N5O3. The molecule has 0 bridgehead atoms. The second-order valence-corrected chi connectivity index (χ2v) is 5.99. The van der Waals surface area contributed by atoms with Crippen molar-refractivity contribution in [3.63, 3.8) is 0 Å². The number of nitrogens with one attached hydrogen (secondary N) is 1. The number of carbonyl (C=O) groups is 1. The molecule has 144 valence electrons. The van der Waals surface area contributed by atoms with E-state index in [1.54, 1.807) is 90.9 Å². The van der Waals surface area contributed by atoms with Gasteiger partial charge >= 0.3 is 0 Å². The van der Waals surface area contributed by atoms with Crippen LogP contribution in [0.15, 0.2) is 79.1 Å². The molecule has 2 aromatic carbocycles. The number of hydrogen-bond acceptors (Lipinski definition) is 6. The molecule has 29 heavy (non-hydrogen) atoms. The Labute approximate surface area is 166 Å². The first kappa shape index (κ1) is 18.2. The molecular weight excluding hydrogens is 370 g/mol. The van der Waals surface area contributed by atoms with Gasteiger partial charge in [-0.05, 0) is 60.7 Å². The van der Waals surface area contributed by atoms with E-state index in [0.717, 1.165) is 0 Å². The Kier molecular flexibility index (Phi) is 5.15. The van der Waals surface area contributed by atoms with Crippen molar-refractivity contribution in [2.24, 2.45) is 0 Å². The van der Waals surface area contributed by atoms with Gasteiger partial charge < -0.3 is 14.8 Å². The molecule has 0 saturated carbocycles. The van der Waals surface area contributed by atoms with Gasteiger partial charge in [0.25, 0.3) is 5.91 Å². The van der Waals surface area contributed by atoms with Gasteiger partial charge in [-0.1, -0.05) is 0 Å². The molecule has 1 amide bonds. The zero-order valence-corrected chi connectivity index (χ0v) is 15.5.